The molecule has 0 heterocycles. The summed E-state index contributed by atoms with van der Waals surface area (Å²) in [7, 11) is 0. The zero-order chi connectivity index (χ0) is 10.3. The molecule has 0 aliphatic carbocycles. The van der Waals surface area contributed by atoms with Crippen LogP contribution in [0.1, 0.15) is 39.5 Å². The van der Waals surface area contributed by atoms with Crippen LogP contribution in [-0.4, -0.2) is 17.9 Å². The number of ketones is 2. The zero-order valence-electron chi connectivity index (χ0n) is 8.21. The molecule has 0 radical (unpaired) electrons. The van der Waals surface area contributed by atoms with Gasteiger partial charge in [-0.3, -0.25) is 14.4 Å². The average molecular weight is 184 g/mol. The number of carbonyl (C=O) groups is 3. The Morgan fingerprint density at radius 3 is 2.31 bits per heavy atom. The largest absolute Gasteiger partial charge is 0.299 e. The third kappa shape index (κ3) is 4.55. The quantitative estimate of drug-likeness (QED) is 0.261. The Labute approximate surface area is 78.5 Å². The van der Waals surface area contributed by atoms with E-state index in [4.69, 9.17) is 0 Å². The molecule has 0 spiro atoms. The van der Waals surface area contributed by atoms with Crippen LogP contribution in [0.15, 0.2) is 0 Å². The number of carbonyl (C=O) groups excluding carboxylic acids is 3. The highest BCUT2D eigenvalue weighted by atomic mass is 16.2. The number of Topliss-reactive ketones (excluding diaryl/α,β-unsaturated/α-hetero) is 2. The summed E-state index contributed by atoms with van der Waals surface area (Å²) in [5.74, 6) is -1.47. The molecule has 3 nitrogen and oxygen atoms in total. The summed E-state index contributed by atoms with van der Waals surface area (Å²) in [6.07, 6.45) is 3.63. The van der Waals surface area contributed by atoms with E-state index >= 15 is 0 Å². The van der Waals surface area contributed by atoms with Gasteiger partial charge in [0.05, 0.1) is 5.92 Å². The molecular weight excluding hydrogens is 168 g/mol. The molecule has 0 aromatic rings. The van der Waals surface area contributed by atoms with Gasteiger partial charge >= 0.3 is 0 Å². The molecule has 3 heteroatoms. The van der Waals surface area contributed by atoms with Crippen molar-refractivity contribution in [2.75, 3.05) is 0 Å². The molecule has 0 saturated heterocycles. The Morgan fingerprint density at radius 1 is 1.31 bits per heavy atom. The maximum absolute atomic E-state index is 11.0. The summed E-state index contributed by atoms with van der Waals surface area (Å²) in [6, 6.07) is 0. The number of unbranched alkanes of at least 4 members (excludes halogenated alkanes) is 2. The van der Waals surface area contributed by atoms with E-state index in [1.807, 2.05) is 6.92 Å². The van der Waals surface area contributed by atoms with Gasteiger partial charge in [0.2, 0.25) is 5.78 Å². The normalized spacial score (nSPS) is 12.2. The van der Waals surface area contributed by atoms with E-state index < -0.39 is 11.7 Å². The van der Waals surface area contributed by atoms with Crippen molar-refractivity contribution < 1.29 is 14.4 Å². The van der Waals surface area contributed by atoms with Crippen LogP contribution < -0.4 is 0 Å². The van der Waals surface area contributed by atoms with Crippen molar-refractivity contribution in [1.82, 2.24) is 0 Å². The minimum absolute atomic E-state index is 0.201. The van der Waals surface area contributed by atoms with Crippen LogP contribution in [0.2, 0.25) is 0 Å². The van der Waals surface area contributed by atoms with Crippen molar-refractivity contribution >= 4 is 17.9 Å². The van der Waals surface area contributed by atoms with Crippen LogP contribution in [0.4, 0.5) is 0 Å². The third-order valence-electron chi connectivity index (χ3n) is 2.05. The van der Waals surface area contributed by atoms with Gasteiger partial charge < -0.3 is 0 Å². The Morgan fingerprint density at radius 2 is 1.92 bits per heavy atom. The highest BCUT2D eigenvalue weighted by Gasteiger charge is 2.21. The third-order valence-corrected chi connectivity index (χ3v) is 2.05. The van der Waals surface area contributed by atoms with Gasteiger partial charge in [0.25, 0.3) is 0 Å². The standard InChI is InChI=1S/C10H16O3/c1-3-4-5-6-9(8(2)12)10(13)7-11/h7,9H,3-6H2,1-2H3. The molecule has 0 aliphatic heterocycles. The highest BCUT2D eigenvalue weighted by Crippen LogP contribution is 2.11. The predicted molar refractivity (Wildman–Crippen MR) is 49.4 cm³/mol. The van der Waals surface area contributed by atoms with Gasteiger partial charge in [-0.2, -0.15) is 0 Å². The Hall–Kier alpha value is -0.990. The van der Waals surface area contributed by atoms with E-state index in [0.717, 1.165) is 19.3 Å². The molecule has 1 atom stereocenters. The van der Waals surface area contributed by atoms with Crippen molar-refractivity contribution in [3.8, 4) is 0 Å². The summed E-state index contributed by atoms with van der Waals surface area (Å²) in [5.41, 5.74) is 0. The average Bonchev–Trinajstić information content (AvgIpc) is 2.11. The first-order valence-electron chi connectivity index (χ1n) is 4.63. The van der Waals surface area contributed by atoms with Crippen LogP contribution in [0.3, 0.4) is 0 Å². The zero-order valence-corrected chi connectivity index (χ0v) is 8.21. The molecular formula is C10H16O3. The van der Waals surface area contributed by atoms with Crippen LogP contribution in [0.5, 0.6) is 0 Å². The SMILES string of the molecule is CCCCCC(C(C)=O)C(=O)C=O. The second kappa shape index (κ2) is 6.52. The lowest BCUT2D eigenvalue weighted by Gasteiger charge is -2.07. The lowest BCUT2D eigenvalue weighted by Crippen LogP contribution is -2.22. The van der Waals surface area contributed by atoms with Gasteiger partial charge in [-0.15, -0.1) is 0 Å². The van der Waals surface area contributed by atoms with E-state index in [2.05, 4.69) is 0 Å². The number of rotatable bonds is 7. The monoisotopic (exact) mass is 184 g/mol. The Bertz CT molecular complexity index is 196. The molecule has 0 bridgehead atoms. The maximum Gasteiger partial charge on any atom is 0.205 e. The number of aldehydes is 1. The van der Waals surface area contributed by atoms with Gasteiger partial charge in [0, 0.05) is 0 Å². The molecule has 0 saturated carbocycles. The first kappa shape index (κ1) is 12.0. The van der Waals surface area contributed by atoms with Gasteiger partial charge in [-0.25, -0.2) is 0 Å². The Balaban J connectivity index is 4.03. The van der Waals surface area contributed by atoms with Crippen LogP contribution in [0, 0.1) is 5.92 Å². The van der Waals surface area contributed by atoms with Crippen molar-refractivity contribution in [3.05, 3.63) is 0 Å². The fourth-order valence-electron chi connectivity index (χ4n) is 1.23. The van der Waals surface area contributed by atoms with Crippen molar-refractivity contribution in [2.45, 2.75) is 39.5 Å². The number of hydrogen-bond acceptors (Lipinski definition) is 3. The molecule has 0 aromatic heterocycles. The molecule has 0 amide bonds. The van der Waals surface area contributed by atoms with Gasteiger partial charge in [-0.05, 0) is 13.3 Å². The minimum Gasteiger partial charge on any atom is -0.299 e. The molecule has 0 aliphatic rings. The molecule has 0 aromatic carbocycles. The summed E-state index contributed by atoms with van der Waals surface area (Å²) in [5, 5.41) is 0. The van der Waals surface area contributed by atoms with E-state index in [1.54, 1.807) is 0 Å². The van der Waals surface area contributed by atoms with Crippen LogP contribution >= 0.6 is 0 Å². The topological polar surface area (TPSA) is 51.2 Å². The lowest BCUT2D eigenvalue weighted by molar-refractivity contribution is -0.137. The van der Waals surface area contributed by atoms with Gasteiger partial charge in [-0.1, -0.05) is 26.2 Å². The molecule has 0 rings (SSSR count). The van der Waals surface area contributed by atoms with Crippen molar-refractivity contribution in [3.63, 3.8) is 0 Å². The molecule has 74 valence electrons. The Kier molecular flexibility index (Phi) is 6.02. The lowest BCUT2D eigenvalue weighted by atomic mass is 9.94. The highest BCUT2D eigenvalue weighted by molar-refractivity contribution is 6.30. The van der Waals surface area contributed by atoms with E-state index in [0.29, 0.717) is 6.42 Å². The molecule has 0 fully saturated rings. The van der Waals surface area contributed by atoms with Crippen molar-refractivity contribution in [1.29, 1.82) is 0 Å². The predicted octanol–water partition coefficient (Wildman–Crippen LogP) is 1.54. The summed E-state index contributed by atoms with van der Waals surface area (Å²) in [4.78, 5) is 32.1. The minimum atomic E-state index is -0.691. The maximum atomic E-state index is 11.0. The van der Waals surface area contributed by atoms with Gasteiger partial charge in [0.15, 0.2) is 6.29 Å². The van der Waals surface area contributed by atoms with E-state index in [1.165, 1.54) is 6.92 Å². The second-order valence-corrected chi connectivity index (χ2v) is 3.18. The smallest absolute Gasteiger partial charge is 0.205 e. The second-order valence-electron chi connectivity index (χ2n) is 3.18. The summed E-state index contributed by atoms with van der Waals surface area (Å²) >= 11 is 0. The van der Waals surface area contributed by atoms with Gasteiger partial charge in [0.1, 0.15) is 5.78 Å². The van der Waals surface area contributed by atoms with E-state index in [-0.39, 0.29) is 12.1 Å². The summed E-state index contributed by atoms with van der Waals surface area (Å²) in [6.45, 7) is 3.41. The van der Waals surface area contributed by atoms with Crippen molar-refractivity contribution in [2.24, 2.45) is 5.92 Å². The molecule has 0 N–H and O–H groups in total. The van der Waals surface area contributed by atoms with E-state index in [9.17, 15) is 14.4 Å². The fourth-order valence-corrected chi connectivity index (χ4v) is 1.23. The molecule has 13 heavy (non-hydrogen) atoms. The first-order chi connectivity index (χ1) is 6.13. The first-order valence-corrected chi connectivity index (χ1v) is 4.63. The fraction of sp³-hybridized carbons (Fsp3) is 0.700. The molecule has 1 unspecified atom stereocenters. The number of hydrogen-bond donors (Lipinski definition) is 0. The summed E-state index contributed by atoms with van der Waals surface area (Å²) < 4.78 is 0. The van der Waals surface area contributed by atoms with Crippen LogP contribution in [-0.2, 0) is 14.4 Å². The van der Waals surface area contributed by atoms with Crippen LogP contribution in [0.25, 0.3) is 0 Å².